The number of methoxy groups -OCH3 is 1. The van der Waals surface area contributed by atoms with Crippen LogP contribution < -0.4 is 10.3 Å². The zero-order valence-electron chi connectivity index (χ0n) is 13.2. The van der Waals surface area contributed by atoms with E-state index in [1.165, 1.54) is 30.1 Å². The van der Waals surface area contributed by atoms with Crippen molar-refractivity contribution in [1.29, 1.82) is 0 Å². The number of aromatic nitrogens is 2. The molecule has 0 saturated heterocycles. The van der Waals surface area contributed by atoms with Gasteiger partial charge in [0.05, 0.1) is 30.0 Å². The first-order valence-electron chi connectivity index (χ1n) is 6.90. The van der Waals surface area contributed by atoms with Gasteiger partial charge in [0.1, 0.15) is 0 Å². The quantitative estimate of drug-likeness (QED) is 0.845. The smallest absolute Gasteiger partial charge is 0.416 e. The molecule has 1 aromatic carbocycles. The van der Waals surface area contributed by atoms with Gasteiger partial charge in [-0.05, 0) is 38.5 Å². The molecule has 1 heterocycles. The van der Waals surface area contributed by atoms with Crippen LogP contribution in [0, 0.1) is 0 Å². The number of benzene rings is 1. The van der Waals surface area contributed by atoms with Gasteiger partial charge < -0.3 is 4.74 Å². The monoisotopic (exact) mass is 326 g/mol. The fraction of sp³-hybridized carbons (Fsp3) is 0.375. The molecule has 0 unspecified atom stereocenters. The third-order valence-electron chi connectivity index (χ3n) is 3.28. The summed E-state index contributed by atoms with van der Waals surface area (Å²) in [4.78, 5) is 12.7. The Hall–Kier alpha value is -2.31. The van der Waals surface area contributed by atoms with Crippen molar-refractivity contribution >= 4 is 0 Å². The van der Waals surface area contributed by atoms with Crippen LogP contribution in [0.2, 0.25) is 0 Å². The molecule has 124 valence electrons. The summed E-state index contributed by atoms with van der Waals surface area (Å²) in [5, 5.41) is 4.03. The Kier molecular flexibility index (Phi) is 4.24. The third kappa shape index (κ3) is 3.38. The van der Waals surface area contributed by atoms with Gasteiger partial charge in [0, 0.05) is 0 Å². The summed E-state index contributed by atoms with van der Waals surface area (Å²) in [6.45, 7) is 5.34. The predicted molar refractivity (Wildman–Crippen MR) is 80.5 cm³/mol. The van der Waals surface area contributed by atoms with Gasteiger partial charge in [0.2, 0.25) is 0 Å². The highest BCUT2D eigenvalue weighted by molar-refractivity contribution is 5.69. The molecule has 0 amide bonds. The second kappa shape index (κ2) is 5.72. The van der Waals surface area contributed by atoms with E-state index < -0.39 is 22.8 Å². The molecule has 2 rings (SSSR count). The molecule has 0 radical (unpaired) electrons. The largest absolute Gasteiger partial charge is 0.494 e. The van der Waals surface area contributed by atoms with Gasteiger partial charge in [-0.3, -0.25) is 4.79 Å². The lowest BCUT2D eigenvalue weighted by atomic mass is 10.0. The second-order valence-electron chi connectivity index (χ2n) is 6.05. The van der Waals surface area contributed by atoms with Crippen LogP contribution in [0.5, 0.6) is 5.75 Å². The Morgan fingerprint density at radius 1 is 1.17 bits per heavy atom. The molecule has 0 spiro atoms. The van der Waals surface area contributed by atoms with Crippen molar-refractivity contribution in [3.8, 4) is 16.9 Å². The molecule has 1 aromatic heterocycles. The molecule has 0 saturated carbocycles. The van der Waals surface area contributed by atoms with Gasteiger partial charge in [-0.25, -0.2) is 4.68 Å². The fourth-order valence-electron chi connectivity index (χ4n) is 2.19. The number of hydrogen-bond acceptors (Lipinski definition) is 3. The molecule has 7 heteroatoms. The topological polar surface area (TPSA) is 44.1 Å². The van der Waals surface area contributed by atoms with Crippen LogP contribution in [0.15, 0.2) is 35.3 Å². The van der Waals surface area contributed by atoms with E-state index in [2.05, 4.69) is 5.10 Å². The summed E-state index contributed by atoms with van der Waals surface area (Å²) >= 11 is 0. The number of hydrogen-bond donors (Lipinski definition) is 0. The average molecular weight is 326 g/mol. The summed E-state index contributed by atoms with van der Waals surface area (Å²) in [6.07, 6.45) is -3.15. The van der Waals surface area contributed by atoms with Crippen molar-refractivity contribution < 1.29 is 17.9 Å². The Labute approximate surface area is 131 Å². The van der Waals surface area contributed by atoms with Gasteiger partial charge in [0.25, 0.3) is 5.56 Å². The van der Waals surface area contributed by atoms with E-state index in [-0.39, 0.29) is 16.9 Å². The molecule has 4 nitrogen and oxygen atoms in total. The molecule has 0 bridgehead atoms. The predicted octanol–water partition coefficient (Wildman–Crippen LogP) is 3.69. The number of ether oxygens (including phenoxy) is 1. The van der Waals surface area contributed by atoms with Crippen molar-refractivity contribution in [3.05, 3.63) is 46.4 Å². The Bertz CT molecular complexity index is 774. The van der Waals surface area contributed by atoms with E-state index in [0.29, 0.717) is 0 Å². The maximum absolute atomic E-state index is 12.9. The minimum absolute atomic E-state index is 0.0588. The normalized spacial score (nSPS) is 12.3. The first kappa shape index (κ1) is 17.1. The highest BCUT2D eigenvalue weighted by Crippen LogP contribution is 2.33. The van der Waals surface area contributed by atoms with Gasteiger partial charge in [-0.1, -0.05) is 12.1 Å². The van der Waals surface area contributed by atoms with Crippen LogP contribution in [0.3, 0.4) is 0 Å². The second-order valence-corrected chi connectivity index (χ2v) is 6.05. The minimum atomic E-state index is -4.49. The SMILES string of the molecule is COc1cnn(C(C)(C)C)c(=O)c1-c1cccc(C(F)(F)F)c1. The van der Waals surface area contributed by atoms with Gasteiger partial charge >= 0.3 is 6.18 Å². The van der Waals surface area contributed by atoms with E-state index in [9.17, 15) is 18.0 Å². The van der Waals surface area contributed by atoms with Crippen LogP contribution in [-0.2, 0) is 11.7 Å². The standard InChI is InChI=1S/C16H17F3N2O2/c1-15(2,3)21-14(22)13(12(23-4)9-20-21)10-6-5-7-11(8-10)16(17,18)19/h5-9H,1-4H3. The summed E-state index contributed by atoms with van der Waals surface area (Å²) in [5.41, 5.74) is -1.74. The van der Waals surface area contributed by atoms with E-state index in [0.717, 1.165) is 12.1 Å². The summed E-state index contributed by atoms with van der Waals surface area (Å²) < 4.78 is 45.1. The van der Waals surface area contributed by atoms with Crippen LogP contribution in [0.1, 0.15) is 26.3 Å². The summed E-state index contributed by atoms with van der Waals surface area (Å²) in [5.74, 6) is 0.134. The first-order valence-corrected chi connectivity index (χ1v) is 6.90. The van der Waals surface area contributed by atoms with Crippen molar-refractivity contribution in [2.24, 2.45) is 0 Å². The maximum Gasteiger partial charge on any atom is 0.416 e. The number of rotatable bonds is 2. The zero-order chi connectivity index (χ0) is 17.4. The zero-order valence-corrected chi connectivity index (χ0v) is 13.2. The molecule has 0 N–H and O–H groups in total. The van der Waals surface area contributed by atoms with Crippen molar-refractivity contribution in [1.82, 2.24) is 9.78 Å². The first-order chi connectivity index (χ1) is 10.6. The summed E-state index contributed by atoms with van der Waals surface area (Å²) in [7, 11) is 1.34. The maximum atomic E-state index is 12.9. The van der Waals surface area contributed by atoms with E-state index in [1.54, 1.807) is 20.8 Å². The van der Waals surface area contributed by atoms with Gasteiger partial charge in [-0.15, -0.1) is 0 Å². The molecule has 0 aliphatic carbocycles. The Morgan fingerprint density at radius 3 is 2.35 bits per heavy atom. The van der Waals surface area contributed by atoms with Crippen molar-refractivity contribution in [3.63, 3.8) is 0 Å². The molecule has 0 aliphatic rings. The van der Waals surface area contributed by atoms with E-state index in [4.69, 9.17) is 4.74 Å². The van der Waals surface area contributed by atoms with Gasteiger partial charge in [0.15, 0.2) is 5.75 Å². The summed E-state index contributed by atoms with van der Waals surface area (Å²) in [6, 6.07) is 4.60. The van der Waals surface area contributed by atoms with Crippen molar-refractivity contribution in [2.45, 2.75) is 32.5 Å². The molecule has 0 fully saturated rings. The number of halogens is 3. The molecule has 0 atom stereocenters. The molecule has 0 aliphatic heterocycles. The van der Waals surface area contributed by atoms with E-state index >= 15 is 0 Å². The lowest BCUT2D eigenvalue weighted by molar-refractivity contribution is -0.137. The van der Waals surface area contributed by atoms with Crippen LogP contribution in [0.4, 0.5) is 13.2 Å². The Morgan fingerprint density at radius 2 is 1.83 bits per heavy atom. The molecular weight excluding hydrogens is 309 g/mol. The molecule has 2 aromatic rings. The molecule has 23 heavy (non-hydrogen) atoms. The van der Waals surface area contributed by atoms with Crippen molar-refractivity contribution in [2.75, 3.05) is 7.11 Å². The van der Waals surface area contributed by atoms with Crippen LogP contribution in [-0.4, -0.2) is 16.9 Å². The minimum Gasteiger partial charge on any atom is -0.494 e. The lowest BCUT2D eigenvalue weighted by Crippen LogP contribution is -2.36. The number of nitrogens with zero attached hydrogens (tertiary/aromatic N) is 2. The Balaban J connectivity index is 2.75. The average Bonchev–Trinajstić information content (AvgIpc) is 2.44. The third-order valence-corrected chi connectivity index (χ3v) is 3.28. The molecular formula is C16H17F3N2O2. The van der Waals surface area contributed by atoms with E-state index in [1.807, 2.05) is 0 Å². The van der Waals surface area contributed by atoms with Gasteiger partial charge in [-0.2, -0.15) is 18.3 Å². The van der Waals surface area contributed by atoms with Crippen LogP contribution >= 0.6 is 0 Å². The highest BCUT2D eigenvalue weighted by atomic mass is 19.4. The van der Waals surface area contributed by atoms with Crippen LogP contribution in [0.25, 0.3) is 11.1 Å². The highest BCUT2D eigenvalue weighted by Gasteiger charge is 2.31. The lowest BCUT2D eigenvalue weighted by Gasteiger charge is -2.22. The number of alkyl halides is 3. The fourth-order valence-corrected chi connectivity index (χ4v) is 2.19.